The highest BCUT2D eigenvalue weighted by Crippen LogP contribution is 2.24. The van der Waals surface area contributed by atoms with Gasteiger partial charge in [-0.05, 0) is 62.3 Å². The van der Waals surface area contributed by atoms with Gasteiger partial charge in [-0.3, -0.25) is 14.6 Å². The molecule has 12 nitrogen and oxygen atoms in total. The van der Waals surface area contributed by atoms with Crippen LogP contribution in [0.4, 0.5) is 0 Å². The summed E-state index contributed by atoms with van der Waals surface area (Å²) >= 11 is 0. The third kappa shape index (κ3) is 9.09. The van der Waals surface area contributed by atoms with Crippen molar-refractivity contribution >= 4 is 23.7 Å². The van der Waals surface area contributed by atoms with Crippen LogP contribution in [0.5, 0.6) is 5.75 Å². The van der Waals surface area contributed by atoms with Crippen molar-refractivity contribution in [1.29, 1.82) is 0 Å². The number of carboxylic acids is 1. The molecule has 0 aliphatic rings. The van der Waals surface area contributed by atoms with Crippen LogP contribution in [0.25, 0.3) is 0 Å². The second-order valence-corrected chi connectivity index (χ2v) is 9.49. The van der Waals surface area contributed by atoms with Crippen LogP contribution in [0.2, 0.25) is 0 Å². The topological polar surface area (TPSA) is 195 Å². The number of rotatable bonds is 14. The van der Waals surface area contributed by atoms with E-state index in [1.165, 1.54) is 0 Å². The van der Waals surface area contributed by atoms with Gasteiger partial charge in [0.1, 0.15) is 23.6 Å². The number of carbonyl (C=O) groups is 3. The van der Waals surface area contributed by atoms with Crippen LogP contribution in [-0.2, 0) is 16.0 Å². The third-order valence-corrected chi connectivity index (χ3v) is 5.82. The smallest absolute Gasteiger partial charge is 0.326 e. The van der Waals surface area contributed by atoms with E-state index in [1.807, 2.05) is 39.0 Å². The molecule has 1 heterocycles. The lowest BCUT2D eigenvalue weighted by Gasteiger charge is -2.18. The summed E-state index contributed by atoms with van der Waals surface area (Å²) in [5, 5.41) is 15.0. The molecule has 38 heavy (non-hydrogen) atoms. The first-order chi connectivity index (χ1) is 17.9. The summed E-state index contributed by atoms with van der Waals surface area (Å²) in [5.41, 5.74) is 12.3. The Hall–Kier alpha value is -4.09. The minimum absolute atomic E-state index is 0.0397. The number of benzene rings is 1. The van der Waals surface area contributed by atoms with Crippen molar-refractivity contribution in [2.75, 3.05) is 13.7 Å². The van der Waals surface area contributed by atoms with Gasteiger partial charge in [0.15, 0.2) is 11.7 Å². The van der Waals surface area contributed by atoms with Crippen molar-refractivity contribution in [3.63, 3.8) is 0 Å². The number of nitrogens with zero attached hydrogens (tertiary/aromatic N) is 2. The van der Waals surface area contributed by atoms with Crippen LogP contribution in [0.1, 0.15) is 72.4 Å². The number of nitrogens with two attached hydrogens (primary N) is 2. The minimum Gasteiger partial charge on any atom is -0.497 e. The molecule has 0 saturated heterocycles. The molecule has 0 fully saturated rings. The number of amides is 2. The zero-order chi connectivity index (χ0) is 28.4. The van der Waals surface area contributed by atoms with Crippen LogP contribution in [0.3, 0.4) is 0 Å². The summed E-state index contributed by atoms with van der Waals surface area (Å²) in [7, 11) is 1.57. The second kappa shape index (κ2) is 14.0. The van der Waals surface area contributed by atoms with E-state index in [1.54, 1.807) is 14.0 Å². The van der Waals surface area contributed by atoms with Crippen molar-refractivity contribution in [3.8, 4) is 5.75 Å². The number of aromatic nitrogens is 1. The Labute approximate surface area is 222 Å². The number of hydrogen-bond donors (Lipinski definition) is 5. The van der Waals surface area contributed by atoms with Gasteiger partial charge in [0, 0.05) is 6.54 Å². The molecule has 0 saturated carbocycles. The number of aryl methyl sites for hydroxylation is 2. The number of guanidine groups is 1. The number of hydrogen-bond acceptors (Lipinski definition) is 7. The van der Waals surface area contributed by atoms with Gasteiger partial charge in [-0.15, -0.1) is 0 Å². The Bertz CT molecular complexity index is 1160. The maximum Gasteiger partial charge on any atom is 0.326 e. The number of carboxylic acid groups (broad SMARTS) is 1. The Balaban J connectivity index is 2.16. The number of nitrogens with one attached hydrogen (secondary N) is 2. The van der Waals surface area contributed by atoms with Crippen molar-refractivity contribution in [3.05, 3.63) is 46.7 Å². The van der Waals surface area contributed by atoms with E-state index in [-0.39, 0.29) is 54.5 Å². The number of methoxy groups -OCH3 is 1. The first-order valence-corrected chi connectivity index (χ1v) is 12.4. The first-order valence-electron chi connectivity index (χ1n) is 12.4. The van der Waals surface area contributed by atoms with E-state index in [4.69, 9.17) is 20.6 Å². The largest absolute Gasteiger partial charge is 0.497 e. The predicted octanol–water partition coefficient (Wildman–Crippen LogP) is 1.98. The summed E-state index contributed by atoms with van der Waals surface area (Å²) < 4.78 is 11.0. The fourth-order valence-corrected chi connectivity index (χ4v) is 3.84. The summed E-state index contributed by atoms with van der Waals surface area (Å²) in [6.07, 6.45) is 1.13. The number of ether oxygens (including phenoxy) is 1. The highest BCUT2D eigenvalue weighted by atomic mass is 16.5. The number of aliphatic imine (C=N–C) groups is 1. The van der Waals surface area contributed by atoms with Gasteiger partial charge in [-0.25, -0.2) is 9.78 Å². The SMILES string of the molecule is COc1ccc(C)c(CC(=O)N[C@@H](CC(C)C)c2nc(C(=O)N[C@@H](CCCN=C(N)N)C(=O)O)c(C)o2)c1. The van der Waals surface area contributed by atoms with Crippen LogP contribution in [0.15, 0.2) is 27.6 Å². The molecule has 2 aromatic rings. The first kappa shape index (κ1) is 30.1. The summed E-state index contributed by atoms with van der Waals surface area (Å²) in [6, 6.07) is 3.80. The molecule has 2 amide bonds. The Morgan fingerprint density at radius 2 is 1.89 bits per heavy atom. The quantitative estimate of drug-likeness (QED) is 0.138. The Morgan fingerprint density at radius 1 is 1.18 bits per heavy atom. The molecule has 0 unspecified atom stereocenters. The fraction of sp³-hybridized carbons (Fsp3) is 0.500. The van der Waals surface area contributed by atoms with Crippen molar-refractivity contribution in [2.24, 2.45) is 22.4 Å². The lowest BCUT2D eigenvalue weighted by molar-refractivity contribution is -0.139. The normalized spacial score (nSPS) is 12.5. The van der Waals surface area contributed by atoms with Crippen molar-refractivity contribution in [1.82, 2.24) is 15.6 Å². The maximum atomic E-state index is 13.0. The molecule has 0 aliphatic heterocycles. The maximum absolute atomic E-state index is 13.0. The number of carbonyl (C=O) groups excluding carboxylic acids is 2. The van der Waals surface area contributed by atoms with Gasteiger partial charge in [0.25, 0.3) is 5.91 Å². The molecular weight excluding hydrogens is 492 g/mol. The molecule has 208 valence electrons. The van der Waals surface area contributed by atoms with Crippen LogP contribution in [0, 0.1) is 19.8 Å². The monoisotopic (exact) mass is 530 g/mol. The third-order valence-electron chi connectivity index (χ3n) is 5.82. The number of oxazole rings is 1. The molecule has 2 atom stereocenters. The molecular formula is C26H38N6O6. The zero-order valence-electron chi connectivity index (χ0n) is 22.5. The van der Waals surface area contributed by atoms with Gasteiger partial charge in [0.2, 0.25) is 11.8 Å². The second-order valence-electron chi connectivity index (χ2n) is 9.49. The molecule has 1 aromatic carbocycles. The lowest BCUT2D eigenvalue weighted by Crippen LogP contribution is -2.41. The molecule has 2 rings (SSSR count). The van der Waals surface area contributed by atoms with E-state index in [0.29, 0.717) is 18.6 Å². The minimum atomic E-state index is -1.19. The van der Waals surface area contributed by atoms with E-state index < -0.39 is 24.0 Å². The average molecular weight is 531 g/mol. The lowest BCUT2D eigenvalue weighted by atomic mass is 10.0. The summed E-state index contributed by atoms with van der Waals surface area (Å²) in [4.78, 5) is 45.6. The van der Waals surface area contributed by atoms with Gasteiger partial charge < -0.3 is 36.4 Å². The molecule has 0 aliphatic carbocycles. The van der Waals surface area contributed by atoms with Gasteiger partial charge in [-0.2, -0.15) is 0 Å². The Kier molecular flexibility index (Phi) is 11.1. The highest BCUT2D eigenvalue weighted by molar-refractivity contribution is 5.95. The number of aliphatic carboxylic acids is 1. The van der Waals surface area contributed by atoms with Gasteiger partial charge in [-0.1, -0.05) is 19.9 Å². The van der Waals surface area contributed by atoms with Gasteiger partial charge in [0.05, 0.1) is 13.5 Å². The average Bonchev–Trinajstić information content (AvgIpc) is 3.23. The van der Waals surface area contributed by atoms with Crippen LogP contribution in [-0.4, -0.2) is 53.5 Å². The molecule has 7 N–H and O–H groups in total. The van der Waals surface area contributed by atoms with Gasteiger partial charge >= 0.3 is 5.97 Å². The predicted molar refractivity (Wildman–Crippen MR) is 142 cm³/mol. The molecule has 0 radical (unpaired) electrons. The van der Waals surface area contributed by atoms with E-state index >= 15 is 0 Å². The summed E-state index contributed by atoms with van der Waals surface area (Å²) in [5.74, 6) is -0.966. The van der Waals surface area contributed by atoms with Crippen molar-refractivity contribution < 1.29 is 28.6 Å². The fourth-order valence-electron chi connectivity index (χ4n) is 3.84. The van der Waals surface area contributed by atoms with Crippen LogP contribution >= 0.6 is 0 Å². The van der Waals surface area contributed by atoms with E-state index in [2.05, 4.69) is 20.6 Å². The van der Waals surface area contributed by atoms with Crippen molar-refractivity contribution in [2.45, 2.75) is 65.5 Å². The molecule has 0 spiro atoms. The standard InChI is InChI=1S/C26H38N6O6/c1-14(2)11-20(30-21(33)13-17-12-18(37-5)9-8-15(17)3)24-32-22(16(4)38-24)23(34)31-19(25(35)36)7-6-10-29-26(27)28/h8-9,12,14,19-20H,6-7,10-11,13H2,1-5H3,(H,30,33)(H,31,34)(H,35,36)(H4,27,28,29)/t19-,20-/m0/s1. The molecule has 1 aromatic heterocycles. The molecule has 0 bridgehead atoms. The van der Waals surface area contributed by atoms with E-state index in [0.717, 1.165) is 11.1 Å². The van der Waals surface area contributed by atoms with E-state index in [9.17, 15) is 19.5 Å². The highest BCUT2D eigenvalue weighted by Gasteiger charge is 2.28. The summed E-state index contributed by atoms with van der Waals surface area (Å²) in [6.45, 7) is 7.71. The zero-order valence-corrected chi connectivity index (χ0v) is 22.5. The Morgan fingerprint density at radius 3 is 2.50 bits per heavy atom. The van der Waals surface area contributed by atoms with Crippen LogP contribution < -0.4 is 26.8 Å². The molecule has 12 heteroatoms.